The topological polar surface area (TPSA) is 55.1 Å². The summed E-state index contributed by atoms with van der Waals surface area (Å²) in [6.45, 7) is 0. The zero-order valence-electron chi connectivity index (χ0n) is 9.58. The molecule has 2 rings (SSSR count). The van der Waals surface area contributed by atoms with Gasteiger partial charge < -0.3 is 11.1 Å². The standard InChI is InChI=1S/C13H9BrClFN2O/c14-9-5-4-7(6-11(9)17)18-13(19)8-2-1-3-10(16)12(8)15/h1-6H,17H2,(H,18,19). The van der Waals surface area contributed by atoms with E-state index in [9.17, 15) is 9.18 Å². The van der Waals surface area contributed by atoms with Crippen molar-refractivity contribution in [2.24, 2.45) is 0 Å². The van der Waals surface area contributed by atoms with Gasteiger partial charge in [-0.1, -0.05) is 17.7 Å². The van der Waals surface area contributed by atoms with Crippen molar-refractivity contribution in [2.75, 3.05) is 11.1 Å². The van der Waals surface area contributed by atoms with Crippen molar-refractivity contribution >= 4 is 44.8 Å². The molecule has 98 valence electrons. The van der Waals surface area contributed by atoms with Gasteiger partial charge >= 0.3 is 0 Å². The summed E-state index contributed by atoms with van der Waals surface area (Å²) in [6.07, 6.45) is 0. The van der Waals surface area contributed by atoms with Gasteiger partial charge in [0.05, 0.1) is 10.6 Å². The Hall–Kier alpha value is -1.59. The summed E-state index contributed by atoms with van der Waals surface area (Å²) in [5.74, 6) is -1.13. The van der Waals surface area contributed by atoms with E-state index in [0.29, 0.717) is 11.4 Å². The third-order valence-electron chi connectivity index (χ3n) is 2.45. The Morgan fingerprint density at radius 2 is 2.05 bits per heavy atom. The van der Waals surface area contributed by atoms with Gasteiger partial charge in [0.15, 0.2) is 0 Å². The van der Waals surface area contributed by atoms with E-state index in [4.69, 9.17) is 17.3 Å². The Kier molecular flexibility index (Phi) is 4.07. The Morgan fingerprint density at radius 1 is 1.32 bits per heavy atom. The first-order valence-corrected chi connectivity index (χ1v) is 6.46. The average Bonchev–Trinajstić information content (AvgIpc) is 2.37. The van der Waals surface area contributed by atoms with Gasteiger partial charge in [-0.15, -0.1) is 0 Å². The van der Waals surface area contributed by atoms with Crippen LogP contribution in [0.1, 0.15) is 10.4 Å². The number of hydrogen-bond donors (Lipinski definition) is 2. The SMILES string of the molecule is Nc1cc(NC(=O)c2cccc(F)c2Cl)ccc1Br. The number of halogens is 3. The summed E-state index contributed by atoms with van der Waals surface area (Å²) in [7, 11) is 0. The lowest BCUT2D eigenvalue weighted by molar-refractivity contribution is 0.102. The van der Waals surface area contributed by atoms with Crippen LogP contribution in [0.2, 0.25) is 5.02 Å². The Balaban J connectivity index is 2.26. The minimum Gasteiger partial charge on any atom is -0.398 e. The first kappa shape index (κ1) is 13.8. The third kappa shape index (κ3) is 3.05. The van der Waals surface area contributed by atoms with Crippen LogP contribution in [0.5, 0.6) is 0 Å². The van der Waals surface area contributed by atoms with E-state index in [1.54, 1.807) is 18.2 Å². The predicted molar refractivity (Wildman–Crippen MR) is 77.9 cm³/mol. The van der Waals surface area contributed by atoms with Gasteiger partial charge in [-0.2, -0.15) is 0 Å². The molecule has 0 saturated carbocycles. The molecular formula is C13H9BrClFN2O. The fourth-order valence-corrected chi connectivity index (χ4v) is 1.96. The summed E-state index contributed by atoms with van der Waals surface area (Å²) in [5.41, 5.74) is 6.77. The van der Waals surface area contributed by atoms with Crippen molar-refractivity contribution in [3.05, 3.63) is 57.3 Å². The molecule has 0 aliphatic carbocycles. The maximum absolute atomic E-state index is 13.3. The molecule has 0 aliphatic heterocycles. The van der Waals surface area contributed by atoms with Crippen molar-refractivity contribution in [3.63, 3.8) is 0 Å². The molecule has 1 amide bonds. The minimum atomic E-state index is -0.635. The smallest absolute Gasteiger partial charge is 0.257 e. The van der Waals surface area contributed by atoms with Crippen LogP contribution in [0.3, 0.4) is 0 Å². The molecule has 6 heteroatoms. The number of nitrogen functional groups attached to an aromatic ring is 1. The molecule has 0 unspecified atom stereocenters. The number of anilines is 2. The number of carbonyl (C=O) groups is 1. The number of rotatable bonds is 2. The van der Waals surface area contributed by atoms with Crippen LogP contribution in [-0.2, 0) is 0 Å². The van der Waals surface area contributed by atoms with Gasteiger partial charge in [-0.3, -0.25) is 4.79 Å². The molecule has 19 heavy (non-hydrogen) atoms. The highest BCUT2D eigenvalue weighted by molar-refractivity contribution is 9.10. The summed E-state index contributed by atoms with van der Waals surface area (Å²) in [4.78, 5) is 12.0. The van der Waals surface area contributed by atoms with E-state index in [-0.39, 0.29) is 10.6 Å². The first-order chi connectivity index (χ1) is 8.99. The second kappa shape index (κ2) is 5.59. The van der Waals surface area contributed by atoms with Crippen molar-refractivity contribution in [3.8, 4) is 0 Å². The molecule has 0 bridgehead atoms. The van der Waals surface area contributed by atoms with Gasteiger partial charge in [-0.25, -0.2) is 4.39 Å². The molecule has 0 aromatic heterocycles. The summed E-state index contributed by atoms with van der Waals surface area (Å²) < 4.78 is 14.0. The lowest BCUT2D eigenvalue weighted by Crippen LogP contribution is -2.13. The minimum absolute atomic E-state index is 0.0724. The highest BCUT2D eigenvalue weighted by Gasteiger charge is 2.13. The van der Waals surface area contributed by atoms with Crippen LogP contribution in [-0.4, -0.2) is 5.91 Å². The molecule has 0 saturated heterocycles. The van der Waals surface area contributed by atoms with Gasteiger partial charge in [0.1, 0.15) is 5.82 Å². The molecule has 0 radical (unpaired) electrons. The Labute approximate surface area is 122 Å². The number of nitrogens with one attached hydrogen (secondary N) is 1. The van der Waals surface area contributed by atoms with E-state index in [1.807, 2.05) is 0 Å². The molecule has 0 aliphatic rings. The van der Waals surface area contributed by atoms with E-state index < -0.39 is 11.7 Å². The monoisotopic (exact) mass is 342 g/mol. The second-order valence-corrected chi connectivity index (χ2v) is 5.02. The Bertz CT molecular complexity index is 649. The lowest BCUT2D eigenvalue weighted by Gasteiger charge is -2.08. The largest absolute Gasteiger partial charge is 0.398 e. The van der Waals surface area contributed by atoms with Crippen LogP contribution in [0.25, 0.3) is 0 Å². The zero-order chi connectivity index (χ0) is 14.0. The van der Waals surface area contributed by atoms with Crippen LogP contribution < -0.4 is 11.1 Å². The van der Waals surface area contributed by atoms with E-state index in [1.165, 1.54) is 18.2 Å². The highest BCUT2D eigenvalue weighted by Crippen LogP contribution is 2.25. The quantitative estimate of drug-likeness (QED) is 0.807. The number of nitrogens with two attached hydrogens (primary N) is 1. The molecule has 2 aromatic rings. The fourth-order valence-electron chi connectivity index (χ4n) is 1.50. The van der Waals surface area contributed by atoms with Crippen LogP contribution in [0.4, 0.5) is 15.8 Å². The van der Waals surface area contributed by atoms with E-state index >= 15 is 0 Å². The van der Waals surface area contributed by atoms with Crippen LogP contribution >= 0.6 is 27.5 Å². The molecule has 3 nitrogen and oxygen atoms in total. The van der Waals surface area contributed by atoms with Crippen LogP contribution in [0, 0.1) is 5.82 Å². The average molecular weight is 344 g/mol. The van der Waals surface area contributed by atoms with E-state index in [0.717, 1.165) is 4.47 Å². The van der Waals surface area contributed by atoms with E-state index in [2.05, 4.69) is 21.2 Å². The van der Waals surface area contributed by atoms with Gasteiger partial charge in [0.2, 0.25) is 0 Å². The molecule has 0 atom stereocenters. The van der Waals surface area contributed by atoms with Gasteiger partial charge in [0, 0.05) is 15.8 Å². The zero-order valence-corrected chi connectivity index (χ0v) is 11.9. The first-order valence-electron chi connectivity index (χ1n) is 5.29. The van der Waals surface area contributed by atoms with Crippen LogP contribution in [0.15, 0.2) is 40.9 Å². The maximum atomic E-state index is 13.3. The maximum Gasteiger partial charge on any atom is 0.257 e. The normalized spacial score (nSPS) is 10.3. The van der Waals surface area contributed by atoms with Crippen molar-refractivity contribution in [2.45, 2.75) is 0 Å². The van der Waals surface area contributed by atoms with Gasteiger partial charge in [-0.05, 0) is 46.3 Å². The summed E-state index contributed by atoms with van der Waals surface area (Å²) >= 11 is 9.00. The summed E-state index contributed by atoms with van der Waals surface area (Å²) in [5, 5.41) is 2.40. The van der Waals surface area contributed by atoms with Crippen molar-refractivity contribution < 1.29 is 9.18 Å². The van der Waals surface area contributed by atoms with Crippen molar-refractivity contribution in [1.82, 2.24) is 0 Å². The molecule has 0 heterocycles. The molecule has 2 aromatic carbocycles. The number of hydrogen-bond acceptors (Lipinski definition) is 2. The fraction of sp³-hybridized carbons (Fsp3) is 0. The van der Waals surface area contributed by atoms with Crippen molar-refractivity contribution in [1.29, 1.82) is 0 Å². The lowest BCUT2D eigenvalue weighted by atomic mass is 10.2. The number of amides is 1. The van der Waals surface area contributed by atoms with Gasteiger partial charge in [0.25, 0.3) is 5.91 Å². The third-order valence-corrected chi connectivity index (χ3v) is 3.56. The Morgan fingerprint density at radius 3 is 2.74 bits per heavy atom. The molecule has 0 fully saturated rings. The second-order valence-electron chi connectivity index (χ2n) is 3.79. The number of benzene rings is 2. The summed E-state index contributed by atoms with van der Waals surface area (Å²) in [6, 6.07) is 9.03. The highest BCUT2D eigenvalue weighted by atomic mass is 79.9. The molecule has 0 spiro atoms. The molecule has 3 N–H and O–H groups in total. The predicted octanol–water partition coefficient (Wildman–Crippen LogP) is 4.08. The molecular weight excluding hydrogens is 335 g/mol. The number of carbonyl (C=O) groups excluding carboxylic acids is 1.